The van der Waals surface area contributed by atoms with Gasteiger partial charge >= 0.3 is 0 Å². The van der Waals surface area contributed by atoms with Crippen LogP contribution in [0, 0.1) is 12.7 Å². The number of hydrogen-bond donors (Lipinski definition) is 1. The van der Waals surface area contributed by atoms with Crippen LogP contribution in [0.5, 0.6) is 0 Å². The molecule has 1 aromatic carbocycles. The SMILES string of the molecule is CCc1noc(-c2ccc(SCC(=O)Nc3cc(F)ccc3C)nc2)n1. The van der Waals surface area contributed by atoms with Gasteiger partial charge in [-0.15, -0.1) is 0 Å². The summed E-state index contributed by atoms with van der Waals surface area (Å²) in [6.45, 7) is 3.76. The van der Waals surface area contributed by atoms with Crippen LogP contribution in [0.3, 0.4) is 0 Å². The maximum atomic E-state index is 13.3. The molecule has 0 radical (unpaired) electrons. The molecule has 26 heavy (non-hydrogen) atoms. The average molecular weight is 372 g/mol. The molecule has 0 fully saturated rings. The number of nitrogens with one attached hydrogen (secondary N) is 1. The van der Waals surface area contributed by atoms with E-state index in [1.54, 1.807) is 18.3 Å². The number of nitrogens with zero attached hydrogens (tertiary/aromatic N) is 3. The van der Waals surface area contributed by atoms with E-state index >= 15 is 0 Å². The lowest BCUT2D eigenvalue weighted by Crippen LogP contribution is -2.15. The molecule has 6 nitrogen and oxygen atoms in total. The Hall–Kier alpha value is -2.74. The number of carbonyl (C=O) groups excluding carboxylic acids is 1. The van der Waals surface area contributed by atoms with Crippen LogP contribution in [-0.4, -0.2) is 26.8 Å². The molecular weight excluding hydrogens is 355 g/mol. The summed E-state index contributed by atoms with van der Waals surface area (Å²) in [6.07, 6.45) is 2.33. The standard InChI is InChI=1S/C18H17FN4O2S/c1-3-15-22-18(25-23-15)12-5-7-17(20-9-12)26-10-16(24)21-14-8-13(19)6-4-11(14)2/h4-9H,3,10H2,1-2H3,(H,21,24). The van der Waals surface area contributed by atoms with Gasteiger partial charge in [0.25, 0.3) is 5.89 Å². The van der Waals surface area contributed by atoms with Gasteiger partial charge in [-0.05, 0) is 36.8 Å². The molecule has 0 atom stereocenters. The van der Waals surface area contributed by atoms with Gasteiger partial charge in [0.15, 0.2) is 5.82 Å². The van der Waals surface area contributed by atoms with Gasteiger partial charge in [0, 0.05) is 18.3 Å². The molecule has 2 aromatic heterocycles. The van der Waals surface area contributed by atoms with Gasteiger partial charge < -0.3 is 9.84 Å². The lowest BCUT2D eigenvalue weighted by molar-refractivity contribution is -0.113. The number of rotatable bonds is 6. The highest BCUT2D eigenvalue weighted by Crippen LogP contribution is 2.22. The Balaban J connectivity index is 1.57. The molecule has 1 N–H and O–H groups in total. The van der Waals surface area contributed by atoms with E-state index in [1.165, 1.54) is 23.9 Å². The Morgan fingerprint density at radius 2 is 2.15 bits per heavy atom. The normalized spacial score (nSPS) is 10.7. The molecule has 0 unspecified atom stereocenters. The van der Waals surface area contributed by atoms with E-state index in [0.717, 1.165) is 11.1 Å². The molecule has 134 valence electrons. The molecule has 2 heterocycles. The lowest BCUT2D eigenvalue weighted by atomic mass is 10.2. The summed E-state index contributed by atoms with van der Waals surface area (Å²) in [7, 11) is 0. The zero-order valence-electron chi connectivity index (χ0n) is 14.3. The van der Waals surface area contributed by atoms with Crippen LogP contribution < -0.4 is 5.32 Å². The fraction of sp³-hybridized carbons (Fsp3) is 0.222. The summed E-state index contributed by atoms with van der Waals surface area (Å²) in [5.74, 6) is 0.623. The van der Waals surface area contributed by atoms with Crippen molar-refractivity contribution in [1.29, 1.82) is 0 Å². The van der Waals surface area contributed by atoms with Crippen LogP contribution in [0.2, 0.25) is 0 Å². The first kappa shape index (κ1) is 18.1. The monoisotopic (exact) mass is 372 g/mol. The van der Waals surface area contributed by atoms with Crippen LogP contribution in [0.25, 0.3) is 11.5 Å². The molecule has 0 aliphatic carbocycles. The molecule has 0 aliphatic heterocycles. The van der Waals surface area contributed by atoms with Gasteiger partial charge in [-0.2, -0.15) is 4.98 Å². The van der Waals surface area contributed by atoms with Crippen LogP contribution in [-0.2, 0) is 11.2 Å². The van der Waals surface area contributed by atoms with E-state index in [0.29, 0.717) is 28.8 Å². The minimum atomic E-state index is -0.386. The number of anilines is 1. The Labute approximate surface area is 154 Å². The summed E-state index contributed by atoms with van der Waals surface area (Å²) in [5, 5.41) is 7.24. The quantitative estimate of drug-likeness (QED) is 0.662. The van der Waals surface area contributed by atoms with E-state index in [2.05, 4.69) is 20.4 Å². The third-order valence-electron chi connectivity index (χ3n) is 3.59. The van der Waals surface area contributed by atoms with Crippen molar-refractivity contribution in [2.45, 2.75) is 25.3 Å². The summed E-state index contributed by atoms with van der Waals surface area (Å²) in [5.41, 5.74) is 2.00. The van der Waals surface area contributed by atoms with Gasteiger partial charge in [0.1, 0.15) is 5.82 Å². The van der Waals surface area contributed by atoms with E-state index in [9.17, 15) is 9.18 Å². The van der Waals surface area contributed by atoms with Crippen molar-refractivity contribution in [3.8, 4) is 11.5 Å². The highest BCUT2D eigenvalue weighted by atomic mass is 32.2. The Morgan fingerprint density at radius 1 is 1.31 bits per heavy atom. The Bertz CT molecular complexity index is 912. The van der Waals surface area contributed by atoms with Crippen molar-refractivity contribution in [3.63, 3.8) is 0 Å². The maximum Gasteiger partial charge on any atom is 0.259 e. The number of carbonyl (C=O) groups is 1. The number of thioether (sulfide) groups is 1. The molecular formula is C18H17FN4O2S. The van der Waals surface area contributed by atoms with Gasteiger partial charge in [-0.1, -0.05) is 29.9 Å². The summed E-state index contributed by atoms with van der Waals surface area (Å²) < 4.78 is 18.4. The Morgan fingerprint density at radius 3 is 2.85 bits per heavy atom. The number of hydrogen-bond acceptors (Lipinski definition) is 6. The predicted molar refractivity (Wildman–Crippen MR) is 97.4 cm³/mol. The van der Waals surface area contributed by atoms with E-state index < -0.39 is 0 Å². The third kappa shape index (κ3) is 4.45. The molecule has 3 rings (SSSR count). The van der Waals surface area contributed by atoms with Crippen molar-refractivity contribution in [2.75, 3.05) is 11.1 Å². The van der Waals surface area contributed by atoms with Gasteiger partial charge in [0.05, 0.1) is 16.3 Å². The van der Waals surface area contributed by atoms with Gasteiger partial charge in [-0.3, -0.25) is 4.79 Å². The highest BCUT2D eigenvalue weighted by Gasteiger charge is 2.10. The first-order chi connectivity index (χ1) is 12.5. The van der Waals surface area contributed by atoms with E-state index in [4.69, 9.17) is 4.52 Å². The molecule has 0 saturated heterocycles. The van der Waals surface area contributed by atoms with Crippen molar-refractivity contribution >= 4 is 23.4 Å². The van der Waals surface area contributed by atoms with Crippen molar-refractivity contribution in [1.82, 2.24) is 15.1 Å². The van der Waals surface area contributed by atoms with Crippen LogP contribution in [0.1, 0.15) is 18.3 Å². The van der Waals surface area contributed by atoms with Crippen LogP contribution >= 0.6 is 11.8 Å². The largest absolute Gasteiger partial charge is 0.334 e. The fourth-order valence-corrected chi connectivity index (χ4v) is 2.80. The first-order valence-corrected chi connectivity index (χ1v) is 9.01. The van der Waals surface area contributed by atoms with Crippen molar-refractivity contribution in [2.24, 2.45) is 0 Å². The molecule has 0 bridgehead atoms. The smallest absolute Gasteiger partial charge is 0.259 e. The van der Waals surface area contributed by atoms with Crippen LogP contribution in [0.4, 0.5) is 10.1 Å². The summed E-state index contributed by atoms with van der Waals surface area (Å²) in [4.78, 5) is 20.6. The fourth-order valence-electron chi connectivity index (χ4n) is 2.16. The molecule has 0 spiro atoms. The average Bonchev–Trinajstić information content (AvgIpc) is 3.13. The topological polar surface area (TPSA) is 80.9 Å². The molecule has 3 aromatic rings. The lowest BCUT2D eigenvalue weighted by Gasteiger charge is -2.08. The second-order valence-corrected chi connectivity index (χ2v) is 6.55. The van der Waals surface area contributed by atoms with E-state index in [-0.39, 0.29) is 17.5 Å². The second-order valence-electron chi connectivity index (χ2n) is 5.55. The predicted octanol–water partition coefficient (Wildman–Crippen LogP) is 3.87. The number of benzene rings is 1. The van der Waals surface area contributed by atoms with E-state index in [1.807, 2.05) is 19.9 Å². The number of amides is 1. The molecule has 8 heteroatoms. The number of pyridine rings is 1. The Kier molecular flexibility index (Phi) is 5.62. The summed E-state index contributed by atoms with van der Waals surface area (Å²) >= 11 is 1.29. The second kappa shape index (κ2) is 8.09. The number of halogens is 1. The molecule has 0 aliphatic rings. The minimum Gasteiger partial charge on any atom is -0.334 e. The molecule has 0 saturated carbocycles. The first-order valence-electron chi connectivity index (χ1n) is 8.03. The van der Waals surface area contributed by atoms with Gasteiger partial charge in [0.2, 0.25) is 5.91 Å². The van der Waals surface area contributed by atoms with Gasteiger partial charge in [-0.25, -0.2) is 9.37 Å². The molecule has 1 amide bonds. The van der Waals surface area contributed by atoms with Crippen molar-refractivity contribution in [3.05, 3.63) is 53.7 Å². The zero-order chi connectivity index (χ0) is 18.5. The zero-order valence-corrected chi connectivity index (χ0v) is 15.1. The van der Waals surface area contributed by atoms with Crippen LogP contribution in [0.15, 0.2) is 46.1 Å². The third-order valence-corrected chi connectivity index (χ3v) is 4.54. The highest BCUT2D eigenvalue weighted by molar-refractivity contribution is 7.99. The minimum absolute atomic E-state index is 0.169. The van der Waals surface area contributed by atoms with Crippen molar-refractivity contribution < 1.29 is 13.7 Å². The maximum absolute atomic E-state index is 13.3. The summed E-state index contributed by atoms with van der Waals surface area (Å²) in [6, 6.07) is 7.89. The number of aromatic nitrogens is 3. The number of aryl methyl sites for hydroxylation is 2.